The number of sulfone groups is 1. The molecule has 1 amide bonds. The maximum absolute atomic E-state index is 12.2. The van der Waals surface area contributed by atoms with Crippen molar-refractivity contribution in [2.24, 2.45) is 11.8 Å². The predicted octanol–water partition coefficient (Wildman–Crippen LogP) is 1.33. The van der Waals surface area contributed by atoms with Gasteiger partial charge in [-0.15, -0.1) is 0 Å². The number of benzene rings is 1. The summed E-state index contributed by atoms with van der Waals surface area (Å²) in [6, 6.07) is 6.11. The highest BCUT2D eigenvalue weighted by atomic mass is 32.2. The highest BCUT2D eigenvalue weighted by Gasteiger charge is 2.49. The molecule has 1 fully saturated rings. The Hall–Kier alpha value is -1.89. The first-order valence-corrected chi connectivity index (χ1v) is 8.81. The van der Waals surface area contributed by atoms with Crippen LogP contribution in [0.15, 0.2) is 29.2 Å². The van der Waals surface area contributed by atoms with Crippen molar-refractivity contribution in [3.05, 3.63) is 29.8 Å². The molecule has 1 N–H and O–H groups in total. The zero-order valence-corrected chi connectivity index (χ0v) is 13.5. The molecule has 0 saturated heterocycles. The molecule has 1 aromatic carbocycles. The first-order chi connectivity index (χ1) is 10.1. The third-order valence-electron chi connectivity index (χ3n) is 4.14. The highest BCUT2D eigenvalue weighted by Crippen LogP contribution is 2.41. The molecule has 1 aliphatic carbocycles. The lowest BCUT2D eigenvalue weighted by molar-refractivity contribution is -0.142. The number of carbonyl (C=O) groups is 2. The second-order valence-electron chi connectivity index (χ2n) is 5.75. The fraction of sp³-hybridized carbons (Fsp3) is 0.467. The summed E-state index contributed by atoms with van der Waals surface area (Å²) in [4.78, 5) is 24.8. The second-order valence-corrected chi connectivity index (χ2v) is 7.77. The van der Waals surface area contributed by atoms with E-state index in [0.717, 1.165) is 11.8 Å². The van der Waals surface area contributed by atoms with E-state index in [-0.39, 0.29) is 16.8 Å². The molecule has 1 aromatic rings. The quantitative estimate of drug-likeness (QED) is 0.882. The van der Waals surface area contributed by atoms with E-state index >= 15 is 0 Å². The van der Waals surface area contributed by atoms with Crippen molar-refractivity contribution in [2.75, 3.05) is 13.3 Å². The van der Waals surface area contributed by atoms with E-state index in [0.29, 0.717) is 6.42 Å². The van der Waals surface area contributed by atoms with Gasteiger partial charge in [0.2, 0.25) is 5.91 Å². The lowest BCUT2D eigenvalue weighted by Crippen LogP contribution is -2.31. The van der Waals surface area contributed by atoms with Crippen LogP contribution >= 0.6 is 0 Å². The van der Waals surface area contributed by atoms with Gasteiger partial charge in [0, 0.05) is 13.3 Å². The minimum atomic E-state index is -3.25. The molecule has 22 heavy (non-hydrogen) atoms. The predicted molar refractivity (Wildman–Crippen MR) is 80.0 cm³/mol. The first kappa shape index (κ1) is 16.5. The van der Waals surface area contributed by atoms with E-state index in [4.69, 9.17) is 5.11 Å². The van der Waals surface area contributed by atoms with Gasteiger partial charge in [0.05, 0.1) is 22.8 Å². The molecule has 1 saturated carbocycles. The van der Waals surface area contributed by atoms with Gasteiger partial charge in [0.15, 0.2) is 9.84 Å². The van der Waals surface area contributed by atoms with E-state index in [1.54, 1.807) is 19.2 Å². The van der Waals surface area contributed by atoms with Crippen molar-refractivity contribution in [3.8, 4) is 0 Å². The summed E-state index contributed by atoms with van der Waals surface area (Å²) < 4.78 is 22.9. The van der Waals surface area contributed by atoms with Crippen molar-refractivity contribution in [1.82, 2.24) is 4.90 Å². The number of hydrogen-bond donors (Lipinski definition) is 1. The maximum atomic E-state index is 12.2. The standard InChI is InChI=1S/C15H19NO5S/c1-9(10-4-6-11(7-5-10)22(3,20)21)16(2)14(17)12-8-13(12)15(18)19/h4-7,9,12-13H,8H2,1-3H3,(H,18,19)/t9-,12-,13+/m1/s1. The molecule has 0 aliphatic heterocycles. The fourth-order valence-corrected chi connectivity index (χ4v) is 3.04. The number of aliphatic carboxylic acids is 1. The Labute approximate surface area is 129 Å². The van der Waals surface area contributed by atoms with Gasteiger partial charge < -0.3 is 10.0 Å². The second kappa shape index (κ2) is 5.72. The van der Waals surface area contributed by atoms with Gasteiger partial charge in [0.1, 0.15) is 0 Å². The molecule has 1 aliphatic rings. The molecule has 0 aromatic heterocycles. The molecule has 0 heterocycles. The van der Waals surface area contributed by atoms with Crippen LogP contribution in [0.3, 0.4) is 0 Å². The summed E-state index contributed by atoms with van der Waals surface area (Å²) in [6.45, 7) is 1.82. The van der Waals surface area contributed by atoms with Crippen LogP contribution in [-0.4, -0.2) is 43.6 Å². The minimum absolute atomic E-state index is 0.188. The first-order valence-electron chi connectivity index (χ1n) is 6.92. The van der Waals surface area contributed by atoms with Crippen molar-refractivity contribution < 1.29 is 23.1 Å². The monoisotopic (exact) mass is 325 g/mol. The van der Waals surface area contributed by atoms with Gasteiger partial charge >= 0.3 is 5.97 Å². The normalized spacial score (nSPS) is 22.0. The van der Waals surface area contributed by atoms with Crippen LogP contribution in [0.4, 0.5) is 0 Å². The van der Waals surface area contributed by atoms with Crippen LogP contribution < -0.4 is 0 Å². The number of amides is 1. The molecule has 6 nitrogen and oxygen atoms in total. The van der Waals surface area contributed by atoms with Crippen molar-refractivity contribution in [1.29, 1.82) is 0 Å². The van der Waals surface area contributed by atoms with Crippen LogP contribution in [0.25, 0.3) is 0 Å². The molecule has 7 heteroatoms. The number of rotatable bonds is 5. The Morgan fingerprint density at radius 2 is 1.77 bits per heavy atom. The van der Waals surface area contributed by atoms with Gasteiger partial charge in [-0.3, -0.25) is 9.59 Å². The van der Waals surface area contributed by atoms with Gasteiger partial charge in [-0.25, -0.2) is 8.42 Å². The van der Waals surface area contributed by atoms with Crippen LogP contribution in [-0.2, 0) is 19.4 Å². The zero-order chi connectivity index (χ0) is 16.7. The smallest absolute Gasteiger partial charge is 0.307 e. The third kappa shape index (κ3) is 3.30. The van der Waals surface area contributed by atoms with Crippen LogP contribution in [0.2, 0.25) is 0 Å². The molecule has 3 atom stereocenters. The number of hydrogen-bond acceptors (Lipinski definition) is 4. The zero-order valence-electron chi connectivity index (χ0n) is 12.7. The topological polar surface area (TPSA) is 91.8 Å². The van der Waals surface area contributed by atoms with Crippen molar-refractivity contribution >= 4 is 21.7 Å². The summed E-state index contributed by atoms with van der Waals surface area (Å²) in [5, 5.41) is 8.89. The van der Waals surface area contributed by atoms with Gasteiger partial charge in [-0.1, -0.05) is 12.1 Å². The summed E-state index contributed by atoms with van der Waals surface area (Å²) in [5.74, 6) is -2.14. The largest absolute Gasteiger partial charge is 0.481 e. The fourth-order valence-electron chi connectivity index (χ4n) is 2.41. The van der Waals surface area contributed by atoms with E-state index in [9.17, 15) is 18.0 Å². The van der Waals surface area contributed by atoms with Crippen LogP contribution in [0, 0.1) is 11.8 Å². The molecule has 120 valence electrons. The third-order valence-corrected chi connectivity index (χ3v) is 5.27. The maximum Gasteiger partial charge on any atom is 0.307 e. The molecule has 0 spiro atoms. The molecule has 0 unspecified atom stereocenters. The average molecular weight is 325 g/mol. The van der Waals surface area contributed by atoms with Crippen LogP contribution in [0.1, 0.15) is 24.9 Å². The summed E-state index contributed by atoms with van der Waals surface area (Å²) in [7, 11) is -1.61. The van der Waals surface area contributed by atoms with Gasteiger partial charge in [-0.2, -0.15) is 0 Å². The van der Waals surface area contributed by atoms with Crippen molar-refractivity contribution in [2.45, 2.75) is 24.3 Å². The summed E-state index contributed by atoms with van der Waals surface area (Å²) >= 11 is 0. The number of carboxylic acid groups (broad SMARTS) is 1. The molecular weight excluding hydrogens is 306 g/mol. The number of carbonyl (C=O) groups excluding carboxylic acids is 1. The number of nitrogens with zero attached hydrogens (tertiary/aromatic N) is 1. The SMILES string of the molecule is C[C@H](c1ccc(S(C)(=O)=O)cc1)N(C)C(=O)[C@@H]1C[C@@H]1C(=O)O. The lowest BCUT2D eigenvalue weighted by atomic mass is 10.1. The Bertz CT molecular complexity index is 695. The summed E-state index contributed by atoms with van der Waals surface area (Å²) in [5.41, 5.74) is 0.802. The lowest BCUT2D eigenvalue weighted by Gasteiger charge is -2.25. The Morgan fingerprint density at radius 3 is 2.18 bits per heavy atom. The molecule has 0 bridgehead atoms. The summed E-state index contributed by atoms with van der Waals surface area (Å²) in [6.07, 6.45) is 1.53. The van der Waals surface area contributed by atoms with Gasteiger partial charge in [0.25, 0.3) is 0 Å². The van der Waals surface area contributed by atoms with Crippen LogP contribution in [0.5, 0.6) is 0 Å². The van der Waals surface area contributed by atoms with E-state index < -0.39 is 27.6 Å². The Kier molecular flexibility index (Phi) is 4.28. The Morgan fingerprint density at radius 1 is 1.23 bits per heavy atom. The minimum Gasteiger partial charge on any atom is -0.481 e. The van der Waals surface area contributed by atoms with E-state index in [1.807, 2.05) is 6.92 Å². The highest BCUT2D eigenvalue weighted by molar-refractivity contribution is 7.90. The molecule has 0 radical (unpaired) electrons. The number of carboxylic acids is 1. The molecule has 2 rings (SSSR count). The average Bonchev–Trinajstić information content (AvgIpc) is 3.24. The molecular formula is C15H19NO5S. The van der Waals surface area contributed by atoms with Gasteiger partial charge in [-0.05, 0) is 31.0 Å². The Balaban J connectivity index is 2.09. The van der Waals surface area contributed by atoms with E-state index in [1.165, 1.54) is 17.0 Å². The van der Waals surface area contributed by atoms with E-state index in [2.05, 4.69) is 0 Å². The van der Waals surface area contributed by atoms with Crippen molar-refractivity contribution in [3.63, 3.8) is 0 Å².